The number of hydrogen-bond acceptors (Lipinski definition) is 3. The highest BCUT2D eigenvalue weighted by Gasteiger charge is 2.22. The third-order valence-corrected chi connectivity index (χ3v) is 4.15. The van der Waals surface area contributed by atoms with Crippen molar-refractivity contribution < 1.29 is 14.7 Å². The van der Waals surface area contributed by atoms with Crippen molar-refractivity contribution >= 4 is 17.6 Å². The predicted octanol–water partition coefficient (Wildman–Crippen LogP) is 2.12. The van der Waals surface area contributed by atoms with Gasteiger partial charge < -0.3 is 14.6 Å². The van der Waals surface area contributed by atoms with Crippen LogP contribution in [0.15, 0.2) is 30.5 Å². The molecule has 1 aliphatic heterocycles. The van der Waals surface area contributed by atoms with E-state index in [1.165, 1.54) is 0 Å². The normalized spacial score (nSPS) is 13.4. The largest absolute Gasteiger partial charge is 0.481 e. The molecule has 3 rings (SSSR count). The molecule has 0 saturated carbocycles. The van der Waals surface area contributed by atoms with E-state index in [1.54, 1.807) is 42.4 Å². The summed E-state index contributed by atoms with van der Waals surface area (Å²) in [5, 5.41) is 8.90. The van der Waals surface area contributed by atoms with E-state index in [0.29, 0.717) is 16.9 Å². The minimum Gasteiger partial charge on any atom is -0.481 e. The van der Waals surface area contributed by atoms with Gasteiger partial charge in [-0.2, -0.15) is 0 Å². The molecule has 6 heteroatoms. The van der Waals surface area contributed by atoms with Crippen LogP contribution in [-0.4, -0.2) is 33.6 Å². The number of anilines is 1. The third-order valence-electron chi connectivity index (χ3n) is 4.15. The molecule has 0 bridgehead atoms. The molecule has 0 atom stereocenters. The number of nitrogens with zero attached hydrogens (tertiary/aromatic N) is 3. The maximum atomic E-state index is 12.8. The van der Waals surface area contributed by atoms with Crippen molar-refractivity contribution in [2.24, 2.45) is 0 Å². The Balaban J connectivity index is 1.85. The number of carbonyl (C=O) groups is 2. The van der Waals surface area contributed by atoms with E-state index in [1.807, 2.05) is 4.57 Å². The van der Waals surface area contributed by atoms with Crippen LogP contribution in [0.1, 0.15) is 34.7 Å². The van der Waals surface area contributed by atoms with E-state index in [4.69, 9.17) is 5.11 Å². The molecule has 0 fully saturated rings. The zero-order chi connectivity index (χ0) is 16.4. The number of aromatic nitrogens is 2. The number of fused-ring (bicyclic) bond motifs is 1. The van der Waals surface area contributed by atoms with Gasteiger partial charge in [0.1, 0.15) is 11.5 Å². The van der Waals surface area contributed by atoms with Crippen molar-refractivity contribution in [3.8, 4) is 0 Å². The zero-order valence-electron chi connectivity index (χ0n) is 13.0. The van der Waals surface area contributed by atoms with Gasteiger partial charge in [-0.05, 0) is 30.5 Å². The monoisotopic (exact) mass is 313 g/mol. The number of amides is 1. The van der Waals surface area contributed by atoms with E-state index in [2.05, 4.69) is 4.98 Å². The summed E-state index contributed by atoms with van der Waals surface area (Å²) >= 11 is 0. The number of carboxylic acid groups (broad SMARTS) is 1. The quantitative estimate of drug-likeness (QED) is 0.938. The number of imidazole rings is 1. The molecule has 1 N–H and O–H groups in total. The van der Waals surface area contributed by atoms with E-state index >= 15 is 0 Å². The van der Waals surface area contributed by atoms with E-state index in [9.17, 15) is 9.59 Å². The van der Waals surface area contributed by atoms with Gasteiger partial charge in [-0.25, -0.2) is 4.98 Å². The molecule has 120 valence electrons. The van der Waals surface area contributed by atoms with Crippen LogP contribution >= 0.6 is 0 Å². The summed E-state index contributed by atoms with van der Waals surface area (Å²) in [6, 6.07) is 7.05. The lowest BCUT2D eigenvalue weighted by molar-refractivity contribution is -0.136. The van der Waals surface area contributed by atoms with Crippen LogP contribution in [0, 0.1) is 0 Å². The van der Waals surface area contributed by atoms with Crippen molar-refractivity contribution in [2.45, 2.75) is 32.2 Å². The second kappa shape index (κ2) is 6.24. The van der Waals surface area contributed by atoms with Gasteiger partial charge in [-0.15, -0.1) is 0 Å². The highest BCUT2D eigenvalue weighted by molar-refractivity contribution is 6.04. The SMILES string of the molecule is CN(C(=O)c1cnc2n1CCCC2)c1cccc(CC(=O)O)c1. The number of carboxylic acids is 1. The molecule has 0 radical (unpaired) electrons. The number of carbonyl (C=O) groups excluding carboxylic acids is 1. The molecule has 2 heterocycles. The first kappa shape index (κ1) is 15.3. The standard InChI is InChI=1S/C17H19N3O3/c1-19(13-6-4-5-12(9-13)10-16(21)22)17(23)14-11-18-15-7-2-3-8-20(14)15/h4-6,9,11H,2-3,7-8,10H2,1H3,(H,21,22). The van der Waals surface area contributed by atoms with Crippen molar-refractivity contribution in [3.05, 3.63) is 47.5 Å². The van der Waals surface area contributed by atoms with Gasteiger partial charge in [0.15, 0.2) is 0 Å². The Kier molecular flexibility index (Phi) is 4.14. The lowest BCUT2D eigenvalue weighted by Crippen LogP contribution is -2.29. The molecule has 0 aliphatic carbocycles. The molecule has 1 aliphatic rings. The van der Waals surface area contributed by atoms with Gasteiger partial charge in [0.05, 0.1) is 12.6 Å². The fraction of sp³-hybridized carbons (Fsp3) is 0.353. The number of aryl methyl sites for hydroxylation is 1. The second-order valence-corrected chi connectivity index (χ2v) is 5.77. The van der Waals surface area contributed by atoms with Crippen LogP contribution in [0.5, 0.6) is 0 Å². The van der Waals surface area contributed by atoms with E-state index in [-0.39, 0.29) is 12.3 Å². The number of aliphatic carboxylic acids is 1. The van der Waals surface area contributed by atoms with Gasteiger partial charge in [-0.3, -0.25) is 9.59 Å². The average Bonchev–Trinajstić information content (AvgIpc) is 2.97. The lowest BCUT2D eigenvalue weighted by Gasteiger charge is -2.21. The predicted molar refractivity (Wildman–Crippen MR) is 85.7 cm³/mol. The molecule has 1 aromatic carbocycles. The van der Waals surface area contributed by atoms with E-state index < -0.39 is 5.97 Å². The summed E-state index contributed by atoms with van der Waals surface area (Å²) in [4.78, 5) is 29.5. The molecule has 1 amide bonds. The molecule has 0 unspecified atom stereocenters. The minimum atomic E-state index is -0.888. The smallest absolute Gasteiger partial charge is 0.307 e. The molecule has 1 aromatic heterocycles. The summed E-state index contributed by atoms with van der Waals surface area (Å²) in [6.07, 6.45) is 4.66. The summed E-state index contributed by atoms with van der Waals surface area (Å²) in [7, 11) is 1.70. The maximum Gasteiger partial charge on any atom is 0.307 e. The van der Waals surface area contributed by atoms with Crippen molar-refractivity contribution in [3.63, 3.8) is 0 Å². The highest BCUT2D eigenvalue weighted by Crippen LogP contribution is 2.21. The van der Waals surface area contributed by atoms with Gasteiger partial charge in [0, 0.05) is 25.7 Å². The van der Waals surface area contributed by atoms with Crippen LogP contribution in [-0.2, 0) is 24.2 Å². The summed E-state index contributed by atoms with van der Waals surface area (Å²) in [6.45, 7) is 0.823. The Morgan fingerprint density at radius 3 is 2.96 bits per heavy atom. The molecular weight excluding hydrogens is 294 g/mol. The van der Waals surface area contributed by atoms with E-state index in [0.717, 1.165) is 31.6 Å². The highest BCUT2D eigenvalue weighted by atomic mass is 16.4. The Morgan fingerprint density at radius 1 is 1.35 bits per heavy atom. The van der Waals surface area contributed by atoms with Gasteiger partial charge in [0.2, 0.25) is 0 Å². The summed E-state index contributed by atoms with van der Waals surface area (Å²) in [5.41, 5.74) is 1.94. The number of hydrogen-bond donors (Lipinski definition) is 1. The zero-order valence-corrected chi connectivity index (χ0v) is 13.0. The minimum absolute atomic E-state index is 0.0576. The van der Waals surface area contributed by atoms with Crippen LogP contribution in [0.4, 0.5) is 5.69 Å². The fourth-order valence-electron chi connectivity index (χ4n) is 2.93. The van der Waals surface area contributed by atoms with Crippen LogP contribution in [0.3, 0.4) is 0 Å². The first-order chi connectivity index (χ1) is 11.1. The fourth-order valence-corrected chi connectivity index (χ4v) is 2.93. The molecular formula is C17H19N3O3. The molecule has 2 aromatic rings. The van der Waals surface area contributed by atoms with Gasteiger partial charge >= 0.3 is 5.97 Å². The van der Waals surface area contributed by atoms with Crippen LogP contribution in [0.2, 0.25) is 0 Å². The summed E-state index contributed by atoms with van der Waals surface area (Å²) in [5.74, 6) is -0.0493. The maximum absolute atomic E-state index is 12.8. The molecule has 0 spiro atoms. The van der Waals surface area contributed by atoms with Crippen LogP contribution < -0.4 is 4.90 Å². The molecule has 23 heavy (non-hydrogen) atoms. The second-order valence-electron chi connectivity index (χ2n) is 5.77. The van der Waals surface area contributed by atoms with Gasteiger partial charge in [-0.1, -0.05) is 12.1 Å². The van der Waals surface area contributed by atoms with Crippen LogP contribution in [0.25, 0.3) is 0 Å². The molecule has 0 saturated heterocycles. The first-order valence-electron chi connectivity index (χ1n) is 7.69. The topological polar surface area (TPSA) is 75.4 Å². The lowest BCUT2D eigenvalue weighted by atomic mass is 10.1. The Bertz CT molecular complexity index is 751. The Labute approximate surface area is 134 Å². The van der Waals surface area contributed by atoms with Crippen molar-refractivity contribution in [1.29, 1.82) is 0 Å². The Morgan fingerprint density at radius 2 is 2.17 bits per heavy atom. The third kappa shape index (κ3) is 3.11. The first-order valence-corrected chi connectivity index (χ1v) is 7.69. The average molecular weight is 313 g/mol. The van der Waals surface area contributed by atoms with Crippen molar-refractivity contribution in [1.82, 2.24) is 9.55 Å². The number of rotatable bonds is 4. The Hall–Kier alpha value is -2.63. The molecule has 6 nitrogen and oxygen atoms in total. The number of benzene rings is 1. The van der Waals surface area contributed by atoms with Gasteiger partial charge in [0.25, 0.3) is 5.91 Å². The van der Waals surface area contributed by atoms with Crippen molar-refractivity contribution in [2.75, 3.05) is 11.9 Å². The summed E-state index contributed by atoms with van der Waals surface area (Å²) < 4.78 is 1.99.